The second-order valence-corrected chi connectivity index (χ2v) is 4.14. The molecule has 2 heterocycles. The Hall–Kier alpha value is -2.49. The van der Waals surface area contributed by atoms with Crippen LogP contribution in [0.4, 0.5) is 5.88 Å². The molecule has 0 saturated heterocycles. The quantitative estimate of drug-likeness (QED) is 0.744. The van der Waals surface area contributed by atoms with Gasteiger partial charge in [0.15, 0.2) is 11.5 Å². The minimum atomic E-state index is 0.276. The summed E-state index contributed by atoms with van der Waals surface area (Å²) in [6.07, 6.45) is 0. The van der Waals surface area contributed by atoms with Gasteiger partial charge in [0.25, 0.3) is 0 Å². The fourth-order valence-electron chi connectivity index (χ4n) is 1.75. The summed E-state index contributed by atoms with van der Waals surface area (Å²) in [7, 11) is 0. The first-order valence-corrected chi connectivity index (χ1v) is 5.62. The lowest BCUT2D eigenvalue weighted by Crippen LogP contribution is -1.76. The van der Waals surface area contributed by atoms with Crippen molar-refractivity contribution in [1.82, 2.24) is 5.16 Å². The van der Waals surface area contributed by atoms with Gasteiger partial charge in [0.2, 0.25) is 5.88 Å². The lowest BCUT2D eigenvalue weighted by Gasteiger charge is -1.97. The minimum Gasteiger partial charge on any atom is -0.454 e. The van der Waals surface area contributed by atoms with Crippen LogP contribution in [0.25, 0.3) is 22.8 Å². The van der Waals surface area contributed by atoms with Crippen molar-refractivity contribution in [2.24, 2.45) is 0 Å². The van der Waals surface area contributed by atoms with E-state index in [0.29, 0.717) is 11.5 Å². The van der Waals surface area contributed by atoms with E-state index >= 15 is 0 Å². The summed E-state index contributed by atoms with van der Waals surface area (Å²) in [5.74, 6) is 1.72. The number of aryl methyl sites for hydroxylation is 1. The fraction of sp³-hybridized carbons (Fsp3) is 0.0714. The first-order valence-electron chi connectivity index (χ1n) is 5.62. The van der Waals surface area contributed by atoms with Crippen LogP contribution < -0.4 is 5.73 Å². The highest BCUT2D eigenvalue weighted by Gasteiger charge is 2.10. The van der Waals surface area contributed by atoms with Crippen molar-refractivity contribution < 1.29 is 8.94 Å². The Morgan fingerprint density at radius 1 is 1.00 bits per heavy atom. The van der Waals surface area contributed by atoms with Crippen LogP contribution in [0.5, 0.6) is 0 Å². The highest BCUT2D eigenvalue weighted by molar-refractivity contribution is 5.63. The summed E-state index contributed by atoms with van der Waals surface area (Å²) in [6.45, 7) is 2.05. The molecule has 2 N–H and O–H groups in total. The van der Waals surface area contributed by atoms with Crippen molar-refractivity contribution in [3.05, 3.63) is 48.0 Å². The molecule has 3 rings (SSSR count). The van der Waals surface area contributed by atoms with E-state index in [0.717, 1.165) is 11.3 Å². The maximum absolute atomic E-state index is 5.73. The first-order chi connectivity index (χ1) is 8.72. The molecule has 0 spiro atoms. The standard InChI is InChI=1S/C14H12N2O2/c1-9-2-4-10(5-3-9)12-6-7-13(17-12)11-8-14(15)18-16-11/h2-8H,15H2,1H3. The lowest BCUT2D eigenvalue weighted by molar-refractivity contribution is 0.436. The van der Waals surface area contributed by atoms with Gasteiger partial charge in [0, 0.05) is 11.6 Å². The van der Waals surface area contributed by atoms with Crippen molar-refractivity contribution >= 4 is 5.88 Å². The van der Waals surface area contributed by atoms with Crippen LogP contribution in [0, 0.1) is 6.92 Å². The van der Waals surface area contributed by atoms with Crippen LogP contribution >= 0.6 is 0 Å². The van der Waals surface area contributed by atoms with Crippen LogP contribution in [0.3, 0.4) is 0 Å². The number of anilines is 1. The van der Waals surface area contributed by atoms with Crippen LogP contribution in [-0.2, 0) is 0 Å². The Morgan fingerprint density at radius 3 is 2.39 bits per heavy atom. The summed E-state index contributed by atoms with van der Waals surface area (Å²) in [6, 6.07) is 13.5. The SMILES string of the molecule is Cc1ccc(-c2ccc(-c3cc(N)on3)o2)cc1. The first kappa shape index (κ1) is 10.7. The summed E-state index contributed by atoms with van der Waals surface area (Å²) in [4.78, 5) is 0. The third-order valence-electron chi connectivity index (χ3n) is 2.72. The van der Waals surface area contributed by atoms with Gasteiger partial charge in [-0.15, -0.1) is 0 Å². The molecular formula is C14H12N2O2. The molecule has 0 atom stereocenters. The third kappa shape index (κ3) is 1.88. The molecule has 0 aliphatic rings. The molecule has 0 radical (unpaired) electrons. The zero-order valence-electron chi connectivity index (χ0n) is 9.88. The molecule has 0 bridgehead atoms. The van der Waals surface area contributed by atoms with Gasteiger partial charge in [-0.05, 0) is 19.1 Å². The molecule has 0 fully saturated rings. The van der Waals surface area contributed by atoms with Crippen molar-refractivity contribution in [1.29, 1.82) is 0 Å². The number of hydrogen-bond acceptors (Lipinski definition) is 4. The monoisotopic (exact) mass is 240 g/mol. The number of hydrogen-bond donors (Lipinski definition) is 1. The number of rotatable bonds is 2. The van der Waals surface area contributed by atoms with E-state index in [1.54, 1.807) is 6.07 Å². The van der Waals surface area contributed by atoms with Crippen molar-refractivity contribution in [2.75, 3.05) is 5.73 Å². The second kappa shape index (κ2) is 4.07. The molecule has 0 aliphatic heterocycles. The molecule has 4 heteroatoms. The molecule has 2 aromatic heterocycles. The summed E-state index contributed by atoms with van der Waals surface area (Å²) in [5.41, 5.74) is 8.33. The summed E-state index contributed by atoms with van der Waals surface area (Å²) >= 11 is 0. The second-order valence-electron chi connectivity index (χ2n) is 4.14. The van der Waals surface area contributed by atoms with Gasteiger partial charge >= 0.3 is 0 Å². The number of nitrogens with zero attached hydrogens (tertiary/aromatic N) is 1. The number of nitrogen functional groups attached to an aromatic ring is 1. The molecule has 0 unspecified atom stereocenters. The molecule has 18 heavy (non-hydrogen) atoms. The van der Waals surface area contributed by atoms with Crippen LogP contribution in [0.1, 0.15) is 5.56 Å². The topological polar surface area (TPSA) is 65.2 Å². The van der Waals surface area contributed by atoms with E-state index in [4.69, 9.17) is 14.7 Å². The molecule has 3 aromatic rings. The average Bonchev–Trinajstić information content (AvgIpc) is 2.98. The lowest BCUT2D eigenvalue weighted by atomic mass is 10.1. The highest BCUT2D eigenvalue weighted by atomic mass is 16.5. The van der Waals surface area contributed by atoms with Crippen molar-refractivity contribution in [3.63, 3.8) is 0 Å². The largest absolute Gasteiger partial charge is 0.454 e. The smallest absolute Gasteiger partial charge is 0.222 e. The van der Waals surface area contributed by atoms with Gasteiger partial charge in [-0.25, -0.2) is 0 Å². The van der Waals surface area contributed by atoms with E-state index in [1.165, 1.54) is 5.56 Å². The van der Waals surface area contributed by atoms with Crippen LogP contribution in [-0.4, -0.2) is 5.16 Å². The Bertz CT molecular complexity index is 665. The van der Waals surface area contributed by atoms with Crippen molar-refractivity contribution in [3.8, 4) is 22.8 Å². The number of furan rings is 1. The van der Waals surface area contributed by atoms with Gasteiger partial charge in [-0.2, -0.15) is 0 Å². The predicted octanol–water partition coefficient (Wildman–Crippen LogP) is 3.49. The Labute approximate surface area is 104 Å². The van der Waals surface area contributed by atoms with Gasteiger partial charge in [-0.3, -0.25) is 0 Å². The minimum absolute atomic E-state index is 0.276. The molecular weight excluding hydrogens is 228 g/mol. The van der Waals surface area contributed by atoms with E-state index < -0.39 is 0 Å². The Kier molecular flexibility index (Phi) is 2.41. The molecule has 90 valence electrons. The number of aromatic nitrogens is 1. The van der Waals surface area contributed by atoms with Crippen molar-refractivity contribution in [2.45, 2.75) is 6.92 Å². The van der Waals surface area contributed by atoms with Gasteiger partial charge in [0.05, 0.1) is 0 Å². The van der Waals surface area contributed by atoms with Gasteiger partial charge < -0.3 is 14.7 Å². The molecule has 1 aromatic carbocycles. The Morgan fingerprint density at radius 2 is 1.72 bits per heavy atom. The van der Waals surface area contributed by atoms with Gasteiger partial charge in [-0.1, -0.05) is 35.0 Å². The number of benzene rings is 1. The molecule has 0 amide bonds. The van der Waals surface area contributed by atoms with Gasteiger partial charge in [0.1, 0.15) is 5.76 Å². The summed E-state index contributed by atoms with van der Waals surface area (Å²) in [5, 5.41) is 3.81. The molecule has 0 aliphatic carbocycles. The molecule has 4 nitrogen and oxygen atoms in total. The normalized spacial score (nSPS) is 10.7. The third-order valence-corrected chi connectivity index (χ3v) is 2.72. The maximum atomic E-state index is 5.73. The number of nitrogens with two attached hydrogens (primary N) is 1. The fourth-order valence-corrected chi connectivity index (χ4v) is 1.75. The van der Waals surface area contributed by atoms with Crippen LogP contribution in [0.2, 0.25) is 0 Å². The maximum Gasteiger partial charge on any atom is 0.222 e. The zero-order chi connectivity index (χ0) is 12.5. The average molecular weight is 240 g/mol. The van der Waals surface area contributed by atoms with E-state index in [2.05, 4.69) is 12.1 Å². The predicted molar refractivity (Wildman–Crippen MR) is 68.8 cm³/mol. The summed E-state index contributed by atoms with van der Waals surface area (Å²) < 4.78 is 10.5. The van der Waals surface area contributed by atoms with E-state index in [9.17, 15) is 0 Å². The molecule has 0 saturated carbocycles. The van der Waals surface area contributed by atoms with E-state index in [-0.39, 0.29) is 5.88 Å². The zero-order valence-corrected chi connectivity index (χ0v) is 9.88. The van der Waals surface area contributed by atoms with Crippen LogP contribution in [0.15, 0.2) is 51.4 Å². The Balaban J connectivity index is 1.96. The highest BCUT2D eigenvalue weighted by Crippen LogP contribution is 2.28. The van der Waals surface area contributed by atoms with E-state index in [1.807, 2.05) is 36.4 Å².